The normalized spacial score (nSPS) is 13.6. The molecule has 0 bridgehead atoms. The molecule has 1 aromatic carbocycles. The highest BCUT2D eigenvalue weighted by Gasteiger charge is 2.32. The van der Waals surface area contributed by atoms with Crippen LogP contribution in [0.15, 0.2) is 18.2 Å². The second-order valence-corrected chi connectivity index (χ2v) is 5.27. The quantitative estimate of drug-likeness (QED) is 0.853. The Morgan fingerprint density at radius 3 is 2.80 bits per heavy atom. The molecule has 0 atom stereocenters. The molecule has 0 heterocycles. The van der Waals surface area contributed by atoms with Crippen molar-refractivity contribution < 1.29 is 4.79 Å². The van der Waals surface area contributed by atoms with E-state index in [1.54, 1.807) is 0 Å². The van der Waals surface area contributed by atoms with Gasteiger partial charge in [-0.15, -0.1) is 0 Å². The molecule has 0 aliphatic heterocycles. The number of nitrogens with zero attached hydrogens (tertiary/aromatic N) is 1. The number of carbonyl (C=O) groups is 1. The predicted molar refractivity (Wildman–Crippen MR) is 81.5 cm³/mol. The van der Waals surface area contributed by atoms with Gasteiger partial charge >= 0.3 is 0 Å². The van der Waals surface area contributed by atoms with E-state index < -0.39 is 0 Å². The third kappa shape index (κ3) is 3.40. The van der Waals surface area contributed by atoms with E-state index in [-0.39, 0.29) is 5.91 Å². The molecule has 0 aromatic heterocycles. The topological polar surface area (TPSA) is 46.3 Å². The minimum atomic E-state index is 0.142. The van der Waals surface area contributed by atoms with Crippen molar-refractivity contribution in [1.82, 2.24) is 4.90 Å². The Labute approximate surface area is 121 Å². The molecule has 1 fully saturated rings. The largest absolute Gasteiger partial charge is 0.336 e. The Morgan fingerprint density at radius 2 is 2.20 bits per heavy atom. The number of amides is 1. The van der Waals surface area contributed by atoms with E-state index in [4.69, 9.17) is 5.73 Å². The summed E-state index contributed by atoms with van der Waals surface area (Å²) in [6.07, 6.45) is 3.27. The van der Waals surface area contributed by atoms with Crippen LogP contribution in [0.4, 0.5) is 0 Å². The van der Waals surface area contributed by atoms with Crippen LogP contribution in [0.3, 0.4) is 0 Å². The van der Waals surface area contributed by atoms with Crippen LogP contribution < -0.4 is 5.73 Å². The van der Waals surface area contributed by atoms with E-state index in [2.05, 4.69) is 18.8 Å². The highest BCUT2D eigenvalue weighted by Crippen LogP contribution is 2.29. The zero-order valence-electron chi connectivity index (χ0n) is 12.3. The first-order valence-electron chi connectivity index (χ1n) is 7.28. The van der Waals surface area contributed by atoms with Gasteiger partial charge in [-0.3, -0.25) is 4.79 Å². The predicted octanol–water partition coefficient (Wildman–Crippen LogP) is 2.32. The molecule has 0 unspecified atom stereocenters. The van der Waals surface area contributed by atoms with Crippen LogP contribution in [0.25, 0.3) is 0 Å². The molecule has 0 saturated heterocycles. The number of nitrogens with two attached hydrogens (primary N) is 1. The van der Waals surface area contributed by atoms with E-state index in [0.717, 1.165) is 42.5 Å². The molecule has 2 rings (SSSR count). The third-order valence-electron chi connectivity index (χ3n) is 3.52. The molecule has 3 heteroatoms. The molecule has 106 valence electrons. The average molecular weight is 270 g/mol. The summed E-state index contributed by atoms with van der Waals surface area (Å²) in [5, 5.41) is 0. The first kappa shape index (κ1) is 14.6. The minimum Gasteiger partial charge on any atom is -0.336 e. The van der Waals surface area contributed by atoms with Crippen molar-refractivity contribution >= 4 is 5.91 Å². The lowest BCUT2D eigenvalue weighted by Crippen LogP contribution is -2.34. The Balaban J connectivity index is 2.27. The van der Waals surface area contributed by atoms with E-state index in [1.165, 1.54) is 0 Å². The second-order valence-electron chi connectivity index (χ2n) is 5.27. The number of hydrogen-bond acceptors (Lipinski definition) is 2. The molecular formula is C17H22N2O. The first-order valence-corrected chi connectivity index (χ1v) is 7.28. The Morgan fingerprint density at radius 1 is 1.45 bits per heavy atom. The van der Waals surface area contributed by atoms with Gasteiger partial charge in [-0.1, -0.05) is 24.8 Å². The zero-order valence-corrected chi connectivity index (χ0v) is 12.3. The van der Waals surface area contributed by atoms with E-state index in [0.29, 0.717) is 12.6 Å². The number of aryl methyl sites for hydroxylation is 1. The number of carbonyl (C=O) groups excluding carboxylic acids is 1. The number of rotatable bonds is 4. The molecule has 20 heavy (non-hydrogen) atoms. The lowest BCUT2D eigenvalue weighted by atomic mass is 10.0. The molecule has 0 radical (unpaired) electrons. The summed E-state index contributed by atoms with van der Waals surface area (Å²) in [7, 11) is 0. The van der Waals surface area contributed by atoms with Crippen molar-refractivity contribution in [2.75, 3.05) is 13.1 Å². The maximum absolute atomic E-state index is 12.7. The van der Waals surface area contributed by atoms with Crippen LogP contribution in [0.2, 0.25) is 0 Å². The summed E-state index contributed by atoms with van der Waals surface area (Å²) in [4.78, 5) is 14.7. The van der Waals surface area contributed by atoms with E-state index >= 15 is 0 Å². The SMILES string of the molecule is CCCN(C(=O)c1cc(C#CCN)ccc1C)C1CC1. The molecule has 1 amide bonds. The summed E-state index contributed by atoms with van der Waals surface area (Å²) in [6, 6.07) is 6.24. The van der Waals surface area contributed by atoms with Gasteiger partial charge in [0, 0.05) is 23.7 Å². The van der Waals surface area contributed by atoms with Crippen LogP contribution in [0, 0.1) is 18.8 Å². The smallest absolute Gasteiger partial charge is 0.254 e. The molecule has 3 nitrogen and oxygen atoms in total. The molecule has 1 saturated carbocycles. The average Bonchev–Trinajstić information content (AvgIpc) is 3.27. The monoisotopic (exact) mass is 270 g/mol. The summed E-state index contributed by atoms with van der Waals surface area (Å²) in [5.74, 6) is 5.97. The Kier molecular flexibility index (Phi) is 4.81. The first-order chi connectivity index (χ1) is 9.67. The van der Waals surface area contributed by atoms with Gasteiger partial charge in [0.15, 0.2) is 0 Å². The van der Waals surface area contributed by atoms with Crippen LogP contribution in [0.1, 0.15) is 47.7 Å². The maximum Gasteiger partial charge on any atom is 0.254 e. The zero-order chi connectivity index (χ0) is 14.5. The van der Waals surface area contributed by atoms with Crippen LogP contribution in [0.5, 0.6) is 0 Å². The standard InChI is InChI=1S/C17H22N2O/c1-3-11-19(15-8-9-15)17(20)16-12-14(5-4-10-18)7-6-13(16)2/h6-7,12,15H,3,8-11,18H2,1-2H3. The third-order valence-corrected chi connectivity index (χ3v) is 3.52. The van der Waals surface area contributed by atoms with Crippen molar-refractivity contribution in [2.45, 2.75) is 39.2 Å². The molecule has 1 aliphatic rings. The number of hydrogen-bond donors (Lipinski definition) is 1. The van der Waals surface area contributed by atoms with Crippen LogP contribution in [-0.2, 0) is 0 Å². The van der Waals surface area contributed by atoms with Crippen molar-refractivity contribution in [2.24, 2.45) is 5.73 Å². The summed E-state index contributed by atoms with van der Waals surface area (Å²) in [5.41, 5.74) is 8.03. The van der Waals surface area contributed by atoms with Gasteiger partial charge in [-0.2, -0.15) is 0 Å². The number of benzene rings is 1. The fourth-order valence-corrected chi connectivity index (χ4v) is 2.32. The van der Waals surface area contributed by atoms with Gasteiger partial charge in [0.05, 0.1) is 6.54 Å². The fraction of sp³-hybridized carbons (Fsp3) is 0.471. The van der Waals surface area contributed by atoms with Crippen molar-refractivity contribution in [3.05, 3.63) is 34.9 Å². The summed E-state index contributed by atoms with van der Waals surface area (Å²) in [6.45, 7) is 5.26. The van der Waals surface area contributed by atoms with Crippen molar-refractivity contribution in [3.63, 3.8) is 0 Å². The van der Waals surface area contributed by atoms with E-state index in [9.17, 15) is 4.79 Å². The fourth-order valence-electron chi connectivity index (χ4n) is 2.32. The van der Waals surface area contributed by atoms with Gasteiger partial charge < -0.3 is 10.6 Å². The summed E-state index contributed by atoms with van der Waals surface area (Å²) < 4.78 is 0. The maximum atomic E-state index is 12.7. The van der Waals surface area contributed by atoms with Gasteiger partial charge in [0.1, 0.15) is 0 Å². The van der Waals surface area contributed by atoms with Gasteiger partial charge in [0.2, 0.25) is 0 Å². The summed E-state index contributed by atoms with van der Waals surface area (Å²) >= 11 is 0. The van der Waals surface area contributed by atoms with Gasteiger partial charge in [-0.25, -0.2) is 0 Å². The molecule has 1 aliphatic carbocycles. The van der Waals surface area contributed by atoms with Crippen molar-refractivity contribution in [3.8, 4) is 11.8 Å². The lowest BCUT2D eigenvalue weighted by molar-refractivity contribution is 0.0742. The van der Waals surface area contributed by atoms with Crippen LogP contribution in [-0.4, -0.2) is 29.9 Å². The highest BCUT2D eigenvalue weighted by atomic mass is 16.2. The lowest BCUT2D eigenvalue weighted by Gasteiger charge is -2.22. The van der Waals surface area contributed by atoms with Gasteiger partial charge in [-0.05, 0) is 43.9 Å². The Hall–Kier alpha value is -1.79. The van der Waals surface area contributed by atoms with E-state index in [1.807, 2.05) is 30.0 Å². The van der Waals surface area contributed by atoms with Crippen LogP contribution >= 0.6 is 0 Å². The second kappa shape index (κ2) is 6.58. The molecular weight excluding hydrogens is 248 g/mol. The molecule has 0 spiro atoms. The Bertz CT molecular complexity index is 550. The minimum absolute atomic E-state index is 0.142. The molecule has 1 aromatic rings. The van der Waals surface area contributed by atoms with Gasteiger partial charge in [0.25, 0.3) is 5.91 Å². The molecule has 2 N–H and O–H groups in total. The van der Waals surface area contributed by atoms with Crippen molar-refractivity contribution in [1.29, 1.82) is 0 Å². The highest BCUT2D eigenvalue weighted by molar-refractivity contribution is 5.96.